The van der Waals surface area contributed by atoms with Crippen LogP contribution in [0.4, 0.5) is 0 Å². The number of carbonyl (C=O) groups excluding carboxylic acids is 2. The summed E-state index contributed by atoms with van der Waals surface area (Å²) in [6, 6.07) is 11.3. The second-order valence-corrected chi connectivity index (χ2v) is 9.13. The summed E-state index contributed by atoms with van der Waals surface area (Å²) in [5.41, 5.74) is 6.03. The second-order valence-electron chi connectivity index (χ2n) is 6.81. The number of carbonyl (C=O) groups is 2. The molecule has 0 aliphatic heterocycles. The topological polar surface area (TPSA) is 101 Å². The number of rotatable bonds is 6. The van der Waals surface area contributed by atoms with Gasteiger partial charge in [-0.05, 0) is 24.3 Å². The van der Waals surface area contributed by atoms with E-state index in [4.69, 9.17) is 11.6 Å². The highest BCUT2D eigenvalue weighted by molar-refractivity contribution is 7.89. The Morgan fingerprint density at radius 3 is 2.35 bits per heavy atom. The normalized spacial score (nSPS) is 11.6. The van der Waals surface area contributed by atoms with Gasteiger partial charge in [-0.3, -0.25) is 20.4 Å². The minimum absolute atomic E-state index is 0.0169. The van der Waals surface area contributed by atoms with Gasteiger partial charge in [0.15, 0.2) is 0 Å². The molecule has 0 unspecified atom stereocenters. The Bertz CT molecular complexity index is 1250. The number of nitrogens with zero attached hydrogens (tertiary/aromatic N) is 2. The Morgan fingerprint density at radius 1 is 1.03 bits per heavy atom. The lowest BCUT2D eigenvalue weighted by molar-refractivity contribution is 0.0847. The number of benzene rings is 2. The lowest BCUT2D eigenvalue weighted by atomic mass is 10.2. The first-order valence-electron chi connectivity index (χ1n) is 9.65. The van der Waals surface area contributed by atoms with Crippen LogP contribution in [0.5, 0.6) is 0 Å². The van der Waals surface area contributed by atoms with Gasteiger partial charge in [0.05, 0.1) is 10.6 Å². The Hall–Kier alpha value is -2.88. The zero-order valence-electron chi connectivity index (χ0n) is 17.3. The Labute approximate surface area is 185 Å². The first-order chi connectivity index (χ1) is 14.7. The molecule has 0 aliphatic rings. The maximum Gasteiger partial charge on any atom is 0.271 e. The van der Waals surface area contributed by atoms with Crippen molar-refractivity contribution in [2.45, 2.75) is 18.7 Å². The van der Waals surface area contributed by atoms with Gasteiger partial charge >= 0.3 is 0 Å². The molecular weight excluding hydrogens is 440 g/mol. The Morgan fingerprint density at radius 2 is 1.68 bits per heavy atom. The zero-order valence-corrected chi connectivity index (χ0v) is 18.9. The number of halogens is 1. The summed E-state index contributed by atoms with van der Waals surface area (Å²) in [6.07, 6.45) is 1.67. The molecule has 10 heteroatoms. The maximum atomic E-state index is 12.8. The quantitative estimate of drug-likeness (QED) is 0.550. The second kappa shape index (κ2) is 9.09. The third kappa shape index (κ3) is 4.43. The van der Waals surface area contributed by atoms with E-state index in [0.29, 0.717) is 5.56 Å². The molecule has 164 valence electrons. The third-order valence-corrected chi connectivity index (χ3v) is 7.48. The van der Waals surface area contributed by atoms with Crippen molar-refractivity contribution in [3.63, 3.8) is 0 Å². The summed E-state index contributed by atoms with van der Waals surface area (Å²) in [5, 5.41) is 0.763. The molecule has 0 spiro atoms. The van der Waals surface area contributed by atoms with Crippen LogP contribution in [0.3, 0.4) is 0 Å². The molecule has 1 heterocycles. The van der Waals surface area contributed by atoms with Crippen LogP contribution in [0, 0.1) is 0 Å². The molecule has 0 atom stereocenters. The molecule has 0 fully saturated rings. The van der Waals surface area contributed by atoms with Gasteiger partial charge in [-0.2, -0.15) is 4.31 Å². The molecule has 2 amide bonds. The number of fused-ring (bicyclic) bond motifs is 1. The molecule has 2 aromatic carbocycles. The van der Waals surface area contributed by atoms with Crippen LogP contribution in [-0.4, -0.2) is 42.2 Å². The fourth-order valence-corrected chi connectivity index (χ4v) is 5.28. The van der Waals surface area contributed by atoms with Gasteiger partial charge in [0, 0.05) is 42.8 Å². The van der Waals surface area contributed by atoms with E-state index < -0.39 is 21.8 Å². The van der Waals surface area contributed by atoms with Gasteiger partial charge in [-0.15, -0.1) is 0 Å². The largest absolute Gasteiger partial charge is 0.350 e. The van der Waals surface area contributed by atoms with Crippen LogP contribution in [0.2, 0.25) is 5.02 Å². The minimum atomic E-state index is -3.85. The lowest BCUT2D eigenvalue weighted by Crippen LogP contribution is -2.41. The summed E-state index contributed by atoms with van der Waals surface area (Å²) < 4.78 is 28.7. The molecule has 0 saturated carbocycles. The van der Waals surface area contributed by atoms with E-state index in [-0.39, 0.29) is 28.6 Å². The van der Waals surface area contributed by atoms with Crippen LogP contribution >= 0.6 is 11.6 Å². The maximum absolute atomic E-state index is 12.8. The molecule has 3 aromatic rings. The van der Waals surface area contributed by atoms with E-state index in [1.807, 2.05) is 35.9 Å². The fourth-order valence-electron chi connectivity index (χ4n) is 3.32. The SMILES string of the molecule is CCN(CC)S(=O)(=O)c1cc(C(=O)NNC(=O)c2cn(C)c3ccccc23)ccc1Cl. The van der Waals surface area contributed by atoms with Gasteiger partial charge in [-0.1, -0.05) is 43.6 Å². The van der Waals surface area contributed by atoms with E-state index in [2.05, 4.69) is 10.9 Å². The van der Waals surface area contributed by atoms with Crippen molar-refractivity contribution in [3.05, 3.63) is 64.8 Å². The molecule has 0 radical (unpaired) electrons. The van der Waals surface area contributed by atoms with Gasteiger partial charge in [-0.25, -0.2) is 8.42 Å². The minimum Gasteiger partial charge on any atom is -0.350 e. The summed E-state index contributed by atoms with van der Waals surface area (Å²) in [5.74, 6) is -1.16. The number of aromatic nitrogens is 1. The highest BCUT2D eigenvalue weighted by Crippen LogP contribution is 2.26. The smallest absolute Gasteiger partial charge is 0.271 e. The van der Waals surface area contributed by atoms with Crippen LogP contribution in [0.1, 0.15) is 34.6 Å². The number of para-hydroxylation sites is 1. The molecule has 0 aliphatic carbocycles. The number of aryl methyl sites for hydroxylation is 1. The van der Waals surface area contributed by atoms with Crippen molar-refractivity contribution in [1.29, 1.82) is 0 Å². The van der Waals surface area contributed by atoms with E-state index in [0.717, 1.165) is 10.9 Å². The zero-order chi connectivity index (χ0) is 22.8. The first-order valence-corrected chi connectivity index (χ1v) is 11.5. The summed E-state index contributed by atoms with van der Waals surface area (Å²) >= 11 is 6.10. The predicted molar refractivity (Wildman–Crippen MR) is 119 cm³/mol. The van der Waals surface area contributed by atoms with E-state index >= 15 is 0 Å². The molecule has 0 saturated heterocycles. The Balaban J connectivity index is 1.80. The molecule has 0 bridgehead atoms. The lowest BCUT2D eigenvalue weighted by Gasteiger charge is -2.19. The van der Waals surface area contributed by atoms with E-state index in [1.165, 1.54) is 22.5 Å². The van der Waals surface area contributed by atoms with E-state index in [1.54, 1.807) is 20.0 Å². The van der Waals surface area contributed by atoms with Crippen molar-refractivity contribution in [2.75, 3.05) is 13.1 Å². The standard InChI is InChI=1S/C21H23ClN4O4S/c1-4-26(5-2)31(29,30)19-12-14(10-11-17(19)22)20(27)23-24-21(28)16-13-25(3)18-9-7-6-8-15(16)18/h6-13H,4-5H2,1-3H3,(H,23,27)(H,24,28). The average Bonchev–Trinajstić information content (AvgIpc) is 3.09. The van der Waals surface area contributed by atoms with Crippen molar-refractivity contribution in [3.8, 4) is 0 Å². The highest BCUT2D eigenvalue weighted by Gasteiger charge is 2.25. The first kappa shape index (κ1) is 22.8. The van der Waals surface area contributed by atoms with Crippen molar-refractivity contribution >= 4 is 44.3 Å². The molecular formula is C21H23ClN4O4S. The van der Waals surface area contributed by atoms with Gasteiger partial charge in [0.1, 0.15) is 4.90 Å². The van der Waals surface area contributed by atoms with Crippen LogP contribution in [-0.2, 0) is 17.1 Å². The summed E-state index contributed by atoms with van der Waals surface area (Å²) in [7, 11) is -2.03. The summed E-state index contributed by atoms with van der Waals surface area (Å²) in [6.45, 7) is 3.97. The fraction of sp³-hybridized carbons (Fsp3) is 0.238. The number of nitrogens with one attached hydrogen (secondary N) is 2. The van der Waals surface area contributed by atoms with Crippen LogP contribution in [0.25, 0.3) is 10.9 Å². The van der Waals surface area contributed by atoms with Crippen LogP contribution in [0.15, 0.2) is 53.6 Å². The number of sulfonamides is 1. The van der Waals surface area contributed by atoms with E-state index in [9.17, 15) is 18.0 Å². The third-order valence-electron chi connectivity index (χ3n) is 4.95. The van der Waals surface area contributed by atoms with Crippen molar-refractivity contribution in [1.82, 2.24) is 19.7 Å². The van der Waals surface area contributed by atoms with Gasteiger partial charge < -0.3 is 4.57 Å². The van der Waals surface area contributed by atoms with Crippen LogP contribution < -0.4 is 10.9 Å². The molecule has 8 nitrogen and oxygen atoms in total. The molecule has 31 heavy (non-hydrogen) atoms. The van der Waals surface area contributed by atoms with Crippen molar-refractivity contribution < 1.29 is 18.0 Å². The number of hydrazine groups is 1. The molecule has 1 aromatic heterocycles. The molecule has 3 rings (SSSR count). The monoisotopic (exact) mass is 462 g/mol. The predicted octanol–water partition coefficient (Wildman–Crippen LogP) is 2.94. The number of amides is 2. The summed E-state index contributed by atoms with van der Waals surface area (Å²) in [4.78, 5) is 25.0. The molecule has 2 N–H and O–H groups in total. The number of hydrogen-bond donors (Lipinski definition) is 2. The van der Waals surface area contributed by atoms with Gasteiger partial charge in [0.2, 0.25) is 10.0 Å². The Kier molecular flexibility index (Phi) is 6.68. The average molecular weight is 463 g/mol. The van der Waals surface area contributed by atoms with Gasteiger partial charge in [0.25, 0.3) is 11.8 Å². The number of hydrogen-bond acceptors (Lipinski definition) is 4. The highest BCUT2D eigenvalue weighted by atomic mass is 35.5. The van der Waals surface area contributed by atoms with Crippen molar-refractivity contribution in [2.24, 2.45) is 7.05 Å².